The summed E-state index contributed by atoms with van der Waals surface area (Å²) in [6.07, 6.45) is 3.97. The van der Waals surface area contributed by atoms with Crippen molar-refractivity contribution in [1.82, 2.24) is 0 Å². The van der Waals surface area contributed by atoms with Crippen molar-refractivity contribution in [3.8, 4) is 5.75 Å². The predicted molar refractivity (Wildman–Crippen MR) is 127 cm³/mol. The second-order valence-corrected chi connectivity index (χ2v) is 9.46. The summed E-state index contributed by atoms with van der Waals surface area (Å²) < 4.78 is 5.28. The minimum absolute atomic E-state index is 0.0778. The van der Waals surface area contributed by atoms with Gasteiger partial charge in [-0.05, 0) is 84.4 Å². The Morgan fingerprint density at radius 3 is 2.66 bits per heavy atom. The monoisotopic (exact) mass is 424 g/mol. The van der Waals surface area contributed by atoms with Crippen molar-refractivity contribution >= 4 is 17.3 Å². The van der Waals surface area contributed by atoms with Gasteiger partial charge in [-0.1, -0.05) is 36.4 Å². The molecule has 0 radical (unpaired) electrons. The molecule has 2 N–H and O–H groups in total. The zero-order chi connectivity index (χ0) is 21.7. The molecule has 1 amide bonds. The average molecular weight is 425 g/mol. The van der Waals surface area contributed by atoms with Crippen LogP contribution in [-0.4, -0.2) is 13.0 Å². The Morgan fingerprint density at radius 1 is 0.969 bits per heavy atom. The Morgan fingerprint density at radius 2 is 1.81 bits per heavy atom. The minimum Gasteiger partial charge on any atom is -0.497 e. The van der Waals surface area contributed by atoms with E-state index in [1.807, 2.05) is 30.3 Å². The first-order valence-corrected chi connectivity index (χ1v) is 11.6. The van der Waals surface area contributed by atoms with Crippen molar-refractivity contribution < 1.29 is 9.53 Å². The maximum absolute atomic E-state index is 13.1. The molecule has 1 heterocycles. The molecule has 3 aromatic carbocycles. The van der Waals surface area contributed by atoms with Crippen LogP contribution in [0.25, 0.3) is 0 Å². The van der Waals surface area contributed by atoms with Crippen LogP contribution in [0.15, 0.2) is 72.8 Å². The molecule has 0 aromatic heterocycles. The summed E-state index contributed by atoms with van der Waals surface area (Å²) in [4.78, 5) is 13.1. The van der Waals surface area contributed by atoms with E-state index in [4.69, 9.17) is 4.74 Å². The zero-order valence-electron chi connectivity index (χ0n) is 18.3. The highest BCUT2D eigenvalue weighted by molar-refractivity contribution is 6.04. The maximum atomic E-state index is 13.1. The lowest BCUT2D eigenvalue weighted by molar-refractivity contribution is 0.102. The highest BCUT2D eigenvalue weighted by Crippen LogP contribution is 2.63. The Kier molecular flexibility index (Phi) is 4.67. The van der Waals surface area contributed by atoms with Gasteiger partial charge in [0.25, 0.3) is 5.91 Å². The van der Waals surface area contributed by atoms with Gasteiger partial charge in [0.1, 0.15) is 5.75 Å². The fraction of sp³-hybridized carbons (Fsp3) is 0.321. The molecule has 1 aliphatic heterocycles. The van der Waals surface area contributed by atoms with Crippen molar-refractivity contribution in [1.29, 1.82) is 0 Å². The van der Waals surface area contributed by atoms with Gasteiger partial charge < -0.3 is 15.4 Å². The zero-order valence-corrected chi connectivity index (χ0v) is 18.3. The summed E-state index contributed by atoms with van der Waals surface area (Å²) in [7, 11) is 1.63. The molecule has 0 unspecified atom stereocenters. The Balaban J connectivity index is 1.33. The maximum Gasteiger partial charge on any atom is 0.255 e. The number of hydrogen-bond acceptors (Lipinski definition) is 3. The van der Waals surface area contributed by atoms with Crippen molar-refractivity contribution in [2.24, 2.45) is 17.8 Å². The molecule has 4 nitrogen and oxygen atoms in total. The van der Waals surface area contributed by atoms with E-state index in [-0.39, 0.29) is 5.91 Å². The number of rotatable bonds is 4. The summed E-state index contributed by atoms with van der Waals surface area (Å²) in [5.41, 5.74) is 5.35. The molecule has 0 spiro atoms. The lowest BCUT2D eigenvalue weighted by Crippen LogP contribution is -2.35. The molecule has 5 atom stereocenters. The fourth-order valence-electron chi connectivity index (χ4n) is 6.52. The van der Waals surface area contributed by atoms with Gasteiger partial charge in [-0.15, -0.1) is 0 Å². The van der Waals surface area contributed by atoms with E-state index in [9.17, 15) is 4.79 Å². The van der Waals surface area contributed by atoms with Crippen molar-refractivity contribution in [3.63, 3.8) is 0 Å². The number of methoxy groups -OCH3 is 1. The molecule has 2 saturated carbocycles. The smallest absolute Gasteiger partial charge is 0.255 e. The molecule has 2 bridgehead atoms. The third-order valence-corrected chi connectivity index (χ3v) is 7.84. The highest BCUT2D eigenvalue weighted by Gasteiger charge is 2.53. The number of ether oxygens (including phenoxy) is 1. The Labute approximate surface area is 189 Å². The molecule has 2 fully saturated rings. The molecule has 3 aliphatic rings. The summed E-state index contributed by atoms with van der Waals surface area (Å²) in [6.45, 7) is 0. The molecule has 4 heteroatoms. The van der Waals surface area contributed by atoms with E-state index in [1.54, 1.807) is 7.11 Å². The molecular weight excluding hydrogens is 396 g/mol. The first kappa shape index (κ1) is 19.4. The van der Waals surface area contributed by atoms with Crippen molar-refractivity contribution in [3.05, 3.63) is 89.5 Å². The van der Waals surface area contributed by atoms with E-state index in [0.717, 1.165) is 23.3 Å². The van der Waals surface area contributed by atoms with Crippen LogP contribution in [0.1, 0.15) is 52.7 Å². The van der Waals surface area contributed by atoms with Crippen LogP contribution in [0.4, 0.5) is 11.4 Å². The van der Waals surface area contributed by atoms with E-state index < -0.39 is 0 Å². The molecular formula is C28H28N2O2. The SMILES string of the molecule is COc1cccc(NC(=O)c2ccc3c(c2)[C@@H]2[C@@H]4CC[C@@H](C4)[C@@H]2[C@H](c2ccccc2)N3)c1. The lowest BCUT2D eigenvalue weighted by atomic mass is 9.68. The number of fused-ring (bicyclic) bond motifs is 7. The van der Waals surface area contributed by atoms with Crippen LogP contribution in [-0.2, 0) is 0 Å². The second-order valence-electron chi connectivity index (χ2n) is 9.46. The van der Waals surface area contributed by atoms with Gasteiger partial charge in [-0.25, -0.2) is 0 Å². The number of nitrogens with one attached hydrogen (secondary N) is 2. The number of carbonyl (C=O) groups excluding carboxylic acids is 1. The van der Waals surface area contributed by atoms with Crippen LogP contribution in [0.5, 0.6) is 5.75 Å². The van der Waals surface area contributed by atoms with Gasteiger partial charge in [-0.2, -0.15) is 0 Å². The highest BCUT2D eigenvalue weighted by atomic mass is 16.5. The molecule has 162 valence electrons. The van der Waals surface area contributed by atoms with Crippen LogP contribution in [0, 0.1) is 17.8 Å². The molecule has 2 aliphatic carbocycles. The summed E-state index contributed by atoms with van der Waals surface area (Å²) in [5, 5.41) is 6.88. The van der Waals surface area contributed by atoms with E-state index >= 15 is 0 Å². The van der Waals surface area contributed by atoms with Crippen LogP contribution < -0.4 is 15.4 Å². The molecule has 3 aromatic rings. The Hall–Kier alpha value is -3.27. The van der Waals surface area contributed by atoms with Gasteiger partial charge in [-0.3, -0.25) is 4.79 Å². The number of anilines is 2. The first-order valence-electron chi connectivity index (χ1n) is 11.6. The normalized spacial score (nSPS) is 27.2. The topological polar surface area (TPSA) is 50.4 Å². The number of carbonyl (C=O) groups is 1. The van der Waals surface area contributed by atoms with Crippen LogP contribution in [0.3, 0.4) is 0 Å². The third kappa shape index (κ3) is 3.17. The predicted octanol–water partition coefficient (Wildman–Crippen LogP) is 6.24. The van der Waals surface area contributed by atoms with E-state index in [0.29, 0.717) is 23.4 Å². The van der Waals surface area contributed by atoms with E-state index in [2.05, 4.69) is 53.1 Å². The first-order chi connectivity index (χ1) is 15.7. The number of hydrogen-bond donors (Lipinski definition) is 2. The van der Waals surface area contributed by atoms with Crippen molar-refractivity contribution in [2.75, 3.05) is 17.7 Å². The second kappa shape index (κ2) is 7.70. The quantitative estimate of drug-likeness (QED) is 0.521. The number of benzene rings is 3. The third-order valence-electron chi connectivity index (χ3n) is 7.84. The minimum atomic E-state index is -0.0778. The van der Waals surface area contributed by atoms with Gasteiger partial charge in [0, 0.05) is 23.0 Å². The van der Waals surface area contributed by atoms with Crippen LogP contribution in [0.2, 0.25) is 0 Å². The lowest BCUT2D eigenvalue weighted by Gasteiger charge is -2.43. The van der Waals surface area contributed by atoms with Gasteiger partial charge in [0.2, 0.25) is 0 Å². The molecule has 6 rings (SSSR count). The molecule has 32 heavy (non-hydrogen) atoms. The Bertz CT molecular complexity index is 1160. The molecule has 0 saturated heterocycles. The average Bonchev–Trinajstić information content (AvgIpc) is 3.47. The number of amides is 1. The van der Waals surface area contributed by atoms with Gasteiger partial charge in [0.15, 0.2) is 0 Å². The van der Waals surface area contributed by atoms with Crippen molar-refractivity contribution in [2.45, 2.75) is 31.2 Å². The largest absolute Gasteiger partial charge is 0.497 e. The fourth-order valence-corrected chi connectivity index (χ4v) is 6.52. The van der Waals surface area contributed by atoms with Gasteiger partial charge in [0.05, 0.1) is 13.2 Å². The standard InChI is InChI=1S/C28H28N2O2/c1-32-22-9-5-8-21(16-22)29-28(31)20-12-13-24-23(15-20)25-18-10-11-19(14-18)26(25)27(30-24)17-6-3-2-4-7-17/h2-9,12-13,15-16,18-19,25-27,30H,10-11,14H2,1H3,(H,29,31)/t18-,19+,25+,26+,27+/m1/s1. The summed E-state index contributed by atoms with van der Waals surface area (Å²) >= 11 is 0. The van der Waals surface area contributed by atoms with E-state index in [1.165, 1.54) is 36.1 Å². The summed E-state index contributed by atoms with van der Waals surface area (Å²) in [6, 6.07) is 24.9. The van der Waals surface area contributed by atoms with Gasteiger partial charge >= 0.3 is 0 Å². The van der Waals surface area contributed by atoms with Crippen LogP contribution >= 0.6 is 0 Å². The summed E-state index contributed by atoms with van der Waals surface area (Å²) in [5.74, 6) is 3.28.